The fraction of sp³-hybridized carbons (Fsp3) is 0.500. The number of hydrogen-bond acceptors (Lipinski definition) is 3. The Morgan fingerprint density at radius 3 is 2.36 bits per heavy atom. The summed E-state index contributed by atoms with van der Waals surface area (Å²) in [7, 11) is 5.82. The summed E-state index contributed by atoms with van der Waals surface area (Å²) in [5.74, 6) is -1.32. The Labute approximate surface area is 219 Å². The molecule has 1 heterocycles. The molecule has 0 aromatic heterocycles. The highest BCUT2D eigenvalue weighted by atomic mass is 35.5. The van der Waals surface area contributed by atoms with Crippen molar-refractivity contribution in [2.45, 2.75) is 43.9 Å². The van der Waals surface area contributed by atoms with Gasteiger partial charge in [0.25, 0.3) is 0 Å². The summed E-state index contributed by atoms with van der Waals surface area (Å²) in [6, 6.07) is 8.23. The van der Waals surface area contributed by atoms with E-state index in [1.54, 1.807) is 12.1 Å². The van der Waals surface area contributed by atoms with Crippen LogP contribution >= 0.6 is 23.2 Å². The van der Waals surface area contributed by atoms with Gasteiger partial charge in [0, 0.05) is 38.0 Å². The standard InChI is InChI=1S/C26H31Cl2F4N3O/c1-33(2)11-5-4-6-25(36)35-15-19(18-8-10-21(27)22(28)13-18)24(16-35)34(3)14-17-7-9-20(23(29)12-17)26(30,31)32/h7-10,12-13,19,24H,4-6,11,14-16H2,1-3H3. The fourth-order valence-electron chi connectivity index (χ4n) is 4.66. The van der Waals surface area contributed by atoms with Crippen molar-refractivity contribution in [2.24, 2.45) is 0 Å². The van der Waals surface area contributed by atoms with Crippen molar-refractivity contribution in [3.8, 4) is 0 Å². The van der Waals surface area contributed by atoms with Crippen LogP contribution in [0.2, 0.25) is 10.0 Å². The van der Waals surface area contributed by atoms with E-state index in [1.807, 2.05) is 37.0 Å². The SMILES string of the molecule is CN(C)CCCCC(=O)N1CC(c2ccc(Cl)c(Cl)c2)C(N(C)Cc2ccc(C(F)(F)F)c(F)c2)C1. The maximum atomic E-state index is 14.1. The smallest absolute Gasteiger partial charge is 0.340 e. The number of likely N-dealkylation sites (tertiary alicyclic amines) is 1. The summed E-state index contributed by atoms with van der Waals surface area (Å²) in [5, 5.41) is 0.839. The van der Waals surface area contributed by atoms with Gasteiger partial charge in [-0.2, -0.15) is 13.2 Å². The Morgan fingerprint density at radius 1 is 1.03 bits per heavy atom. The number of amides is 1. The number of benzene rings is 2. The molecule has 2 aromatic rings. The van der Waals surface area contributed by atoms with E-state index in [-0.39, 0.29) is 24.4 Å². The predicted molar refractivity (Wildman–Crippen MR) is 135 cm³/mol. The van der Waals surface area contributed by atoms with Gasteiger partial charge in [-0.15, -0.1) is 0 Å². The van der Waals surface area contributed by atoms with Crippen molar-refractivity contribution in [1.82, 2.24) is 14.7 Å². The fourth-order valence-corrected chi connectivity index (χ4v) is 4.97. The summed E-state index contributed by atoms with van der Waals surface area (Å²) in [6.45, 7) is 2.08. The third-order valence-electron chi connectivity index (χ3n) is 6.60. The van der Waals surface area contributed by atoms with Gasteiger partial charge in [-0.3, -0.25) is 9.69 Å². The molecule has 1 fully saturated rings. The van der Waals surface area contributed by atoms with Crippen molar-refractivity contribution in [3.05, 3.63) is 69.0 Å². The van der Waals surface area contributed by atoms with Gasteiger partial charge < -0.3 is 9.80 Å². The van der Waals surface area contributed by atoms with Gasteiger partial charge in [0.05, 0.1) is 15.6 Å². The minimum atomic E-state index is -4.74. The van der Waals surface area contributed by atoms with Crippen LogP contribution in [0.4, 0.5) is 17.6 Å². The average molecular weight is 548 g/mol. The van der Waals surface area contributed by atoms with Crippen molar-refractivity contribution in [3.63, 3.8) is 0 Å². The second-order valence-corrected chi connectivity index (χ2v) is 10.4. The number of hydrogen-bond donors (Lipinski definition) is 0. The quantitative estimate of drug-likeness (QED) is 0.272. The maximum absolute atomic E-state index is 14.1. The average Bonchev–Trinajstić information content (AvgIpc) is 3.23. The number of unbranched alkanes of at least 4 members (excludes halogenated alkanes) is 1. The van der Waals surface area contributed by atoms with E-state index < -0.39 is 17.6 Å². The largest absolute Gasteiger partial charge is 0.419 e. The van der Waals surface area contributed by atoms with Crippen LogP contribution < -0.4 is 0 Å². The lowest BCUT2D eigenvalue weighted by molar-refractivity contribution is -0.140. The van der Waals surface area contributed by atoms with Crippen LogP contribution in [0.1, 0.15) is 41.9 Å². The monoisotopic (exact) mass is 547 g/mol. The van der Waals surface area contributed by atoms with Crippen LogP contribution in [0.25, 0.3) is 0 Å². The van der Waals surface area contributed by atoms with Gasteiger partial charge in [-0.1, -0.05) is 35.3 Å². The molecule has 10 heteroatoms. The molecule has 0 N–H and O–H groups in total. The number of nitrogens with zero attached hydrogens (tertiary/aromatic N) is 3. The Hall–Kier alpha value is -1.87. The second kappa shape index (κ2) is 12.1. The molecule has 0 aliphatic carbocycles. The van der Waals surface area contributed by atoms with Gasteiger partial charge in [0.1, 0.15) is 5.82 Å². The summed E-state index contributed by atoms with van der Waals surface area (Å²) in [5.41, 5.74) is 0.0570. The zero-order valence-corrected chi connectivity index (χ0v) is 22.1. The number of halogens is 6. The molecule has 1 saturated heterocycles. The second-order valence-electron chi connectivity index (χ2n) is 9.63. The number of carbonyl (C=O) groups is 1. The van der Waals surface area contributed by atoms with Crippen molar-refractivity contribution in [1.29, 1.82) is 0 Å². The van der Waals surface area contributed by atoms with Gasteiger partial charge >= 0.3 is 6.18 Å². The zero-order valence-electron chi connectivity index (χ0n) is 20.6. The van der Waals surface area contributed by atoms with Crippen LogP contribution in [-0.2, 0) is 17.5 Å². The molecular weight excluding hydrogens is 517 g/mol. The first-order chi connectivity index (χ1) is 16.9. The molecule has 3 rings (SSSR count). The van der Waals surface area contributed by atoms with E-state index in [2.05, 4.69) is 4.90 Å². The molecule has 198 valence electrons. The number of likely N-dealkylation sites (N-methyl/N-ethyl adjacent to an activating group) is 1. The minimum absolute atomic E-state index is 0.0651. The molecule has 0 bridgehead atoms. The van der Waals surface area contributed by atoms with Gasteiger partial charge in [-0.25, -0.2) is 4.39 Å². The molecule has 0 saturated carbocycles. The molecule has 1 aliphatic heterocycles. The first kappa shape index (κ1) is 28.7. The molecule has 4 nitrogen and oxygen atoms in total. The topological polar surface area (TPSA) is 26.8 Å². The van der Waals surface area contributed by atoms with Crippen molar-refractivity contribution < 1.29 is 22.4 Å². The van der Waals surface area contributed by atoms with Crippen LogP contribution in [0.15, 0.2) is 36.4 Å². The Bertz CT molecular complexity index is 1060. The molecule has 36 heavy (non-hydrogen) atoms. The zero-order chi connectivity index (χ0) is 26.6. The summed E-state index contributed by atoms with van der Waals surface area (Å²) >= 11 is 12.4. The molecule has 0 spiro atoms. The summed E-state index contributed by atoms with van der Waals surface area (Å²) < 4.78 is 53.0. The molecule has 0 radical (unpaired) electrons. The van der Waals surface area contributed by atoms with Gasteiger partial charge in [0.15, 0.2) is 0 Å². The maximum Gasteiger partial charge on any atom is 0.419 e. The highest BCUT2D eigenvalue weighted by molar-refractivity contribution is 6.42. The molecule has 1 aliphatic rings. The third-order valence-corrected chi connectivity index (χ3v) is 7.34. The van der Waals surface area contributed by atoms with E-state index in [0.717, 1.165) is 37.1 Å². The van der Waals surface area contributed by atoms with E-state index in [4.69, 9.17) is 23.2 Å². The van der Waals surface area contributed by atoms with Crippen LogP contribution in [0, 0.1) is 5.82 Å². The van der Waals surface area contributed by atoms with Crippen LogP contribution in [0.3, 0.4) is 0 Å². The van der Waals surface area contributed by atoms with Crippen LogP contribution in [0.5, 0.6) is 0 Å². The third kappa shape index (κ3) is 7.34. The number of alkyl halides is 3. The minimum Gasteiger partial charge on any atom is -0.340 e. The first-order valence-corrected chi connectivity index (χ1v) is 12.6. The highest BCUT2D eigenvalue weighted by Crippen LogP contribution is 2.36. The Kier molecular flexibility index (Phi) is 9.66. The molecule has 2 atom stereocenters. The molecule has 1 amide bonds. The van der Waals surface area contributed by atoms with Crippen molar-refractivity contribution >= 4 is 29.1 Å². The molecular formula is C26H31Cl2F4N3O. The molecule has 2 unspecified atom stereocenters. The summed E-state index contributed by atoms with van der Waals surface area (Å²) in [4.78, 5) is 18.8. The first-order valence-electron chi connectivity index (χ1n) is 11.8. The van der Waals surface area contributed by atoms with E-state index >= 15 is 0 Å². The molecule has 2 aromatic carbocycles. The lowest BCUT2D eigenvalue weighted by Gasteiger charge is -2.29. The summed E-state index contributed by atoms with van der Waals surface area (Å²) in [6.07, 6.45) is -2.59. The highest BCUT2D eigenvalue weighted by Gasteiger charge is 2.39. The van der Waals surface area contributed by atoms with E-state index in [1.165, 1.54) is 6.07 Å². The Morgan fingerprint density at radius 2 is 1.75 bits per heavy atom. The lowest BCUT2D eigenvalue weighted by atomic mass is 9.93. The van der Waals surface area contributed by atoms with E-state index in [0.29, 0.717) is 35.1 Å². The van der Waals surface area contributed by atoms with Crippen molar-refractivity contribution in [2.75, 3.05) is 40.8 Å². The predicted octanol–water partition coefficient (Wildman–Crippen LogP) is 6.31. The van der Waals surface area contributed by atoms with Gasteiger partial charge in [0.2, 0.25) is 5.91 Å². The van der Waals surface area contributed by atoms with E-state index in [9.17, 15) is 22.4 Å². The Balaban J connectivity index is 1.77. The van der Waals surface area contributed by atoms with Crippen LogP contribution in [-0.4, -0.2) is 67.4 Å². The van der Waals surface area contributed by atoms with Gasteiger partial charge in [-0.05, 0) is 75.9 Å². The lowest BCUT2D eigenvalue weighted by Crippen LogP contribution is -2.38. The number of carbonyl (C=O) groups excluding carboxylic acids is 1. The number of rotatable bonds is 9. The normalized spacial score (nSPS) is 18.5.